The zero-order valence-electron chi connectivity index (χ0n) is 13.3. The zero-order chi connectivity index (χ0) is 14.0. The monoisotopic (exact) mass is 262 g/mol. The van der Waals surface area contributed by atoms with Gasteiger partial charge >= 0.3 is 8.56 Å². The first-order valence-electron chi connectivity index (χ1n) is 7.60. The van der Waals surface area contributed by atoms with Crippen LogP contribution in [0.1, 0.15) is 42.4 Å². The normalized spacial score (nSPS) is 15.1. The largest absolute Gasteiger partial charge is 0.394 e. The Bertz CT molecular complexity index is 197. The predicted molar refractivity (Wildman–Crippen MR) is 76.7 cm³/mol. The summed E-state index contributed by atoms with van der Waals surface area (Å²) >= 11 is 0. The molecule has 0 saturated heterocycles. The van der Waals surface area contributed by atoms with Crippen LogP contribution in [0.15, 0.2) is 0 Å². The summed E-state index contributed by atoms with van der Waals surface area (Å²) in [5, 5.41) is 0. The second-order valence-corrected chi connectivity index (χ2v) is 7.68. The Hall–Kier alpha value is 0.0969. The van der Waals surface area contributed by atoms with Crippen LogP contribution >= 0.6 is 0 Å². The van der Waals surface area contributed by atoms with Gasteiger partial charge in [-0.2, -0.15) is 0 Å². The maximum absolute atomic E-state index is 8.19. The van der Waals surface area contributed by atoms with Crippen molar-refractivity contribution < 1.29 is 10.2 Å². The van der Waals surface area contributed by atoms with E-state index in [2.05, 4.69) is 25.7 Å². The average molecular weight is 262 g/mol. The van der Waals surface area contributed by atoms with Gasteiger partial charge in [-0.3, -0.25) is 0 Å². The van der Waals surface area contributed by atoms with Crippen LogP contribution in [0.5, 0.6) is 0 Å². The minimum absolute atomic E-state index is 0.126. The second kappa shape index (κ2) is 10.1. The van der Waals surface area contributed by atoms with E-state index < -0.39 is 8.56 Å². The van der Waals surface area contributed by atoms with Gasteiger partial charge in [0.25, 0.3) is 0 Å². The average Bonchev–Trinajstić information content (AvgIpc) is 2.38. The molecule has 4 heteroatoms. The summed E-state index contributed by atoms with van der Waals surface area (Å²) in [6.07, 6.45) is 0.849. The van der Waals surface area contributed by atoms with Crippen LogP contribution < -0.4 is 0 Å². The topological polar surface area (TPSA) is 21.7 Å². The fourth-order valence-corrected chi connectivity index (χ4v) is 4.80. The van der Waals surface area contributed by atoms with Gasteiger partial charge < -0.3 is 13.8 Å². The SMILES string of the molecule is [2H]C(CC[Si](CC)(OCC)OCC)N(CC)CC. The van der Waals surface area contributed by atoms with Crippen molar-refractivity contribution in [3.63, 3.8) is 0 Å². The van der Waals surface area contributed by atoms with Crippen LogP contribution in [-0.4, -0.2) is 46.3 Å². The molecule has 0 heterocycles. The summed E-state index contributed by atoms with van der Waals surface area (Å²) in [5.74, 6) is 0. The first-order chi connectivity index (χ1) is 8.59. The van der Waals surface area contributed by atoms with Gasteiger partial charge in [-0.25, -0.2) is 0 Å². The maximum atomic E-state index is 8.19. The summed E-state index contributed by atoms with van der Waals surface area (Å²) in [5.41, 5.74) is 0. The number of hydrogen-bond donors (Lipinski definition) is 0. The van der Waals surface area contributed by atoms with Crippen molar-refractivity contribution >= 4 is 8.56 Å². The fraction of sp³-hybridized carbons (Fsp3) is 1.00. The standard InChI is InChI=1S/C13H31NO2Si/c1-6-14(7-2)12-11-13-17(10-5,15-8-3)16-9-4/h6-13H2,1-5H3/i12D. The molecule has 0 aliphatic heterocycles. The van der Waals surface area contributed by atoms with E-state index in [-0.39, 0.29) is 6.52 Å². The van der Waals surface area contributed by atoms with Crippen LogP contribution in [0.4, 0.5) is 0 Å². The molecule has 104 valence electrons. The molecule has 1 atom stereocenters. The van der Waals surface area contributed by atoms with Gasteiger partial charge in [0.2, 0.25) is 0 Å². The molecule has 0 spiro atoms. The molecule has 0 radical (unpaired) electrons. The van der Waals surface area contributed by atoms with E-state index in [1.807, 2.05) is 13.8 Å². The molecule has 0 saturated carbocycles. The molecule has 0 aromatic carbocycles. The molecule has 17 heavy (non-hydrogen) atoms. The van der Waals surface area contributed by atoms with Crippen molar-refractivity contribution in [1.29, 1.82) is 0 Å². The lowest BCUT2D eigenvalue weighted by Crippen LogP contribution is -2.42. The van der Waals surface area contributed by atoms with Gasteiger partial charge in [-0.05, 0) is 52.0 Å². The highest BCUT2D eigenvalue weighted by atomic mass is 28.4. The third kappa shape index (κ3) is 6.55. The van der Waals surface area contributed by atoms with Crippen LogP contribution in [0.3, 0.4) is 0 Å². The smallest absolute Gasteiger partial charge is 0.337 e. The lowest BCUT2D eigenvalue weighted by atomic mass is 10.4. The van der Waals surface area contributed by atoms with Crippen LogP contribution in [0, 0.1) is 0 Å². The minimum atomic E-state index is -2.05. The number of hydrogen-bond acceptors (Lipinski definition) is 3. The van der Waals surface area contributed by atoms with Gasteiger partial charge in [0.15, 0.2) is 0 Å². The molecule has 3 nitrogen and oxygen atoms in total. The molecular weight excluding hydrogens is 230 g/mol. The molecule has 0 N–H and O–H groups in total. The Morgan fingerprint density at radius 2 is 1.53 bits per heavy atom. The van der Waals surface area contributed by atoms with E-state index in [1.54, 1.807) is 0 Å². The Balaban J connectivity index is 4.40. The fourth-order valence-electron chi connectivity index (χ4n) is 2.04. The lowest BCUT2D eigenvalue weighted by molar-refractivity contribution is 0.180. The third-order valence-electron chi connectivity index (χ3n) is 3.08. The van der Waals surface area contributed by atoms with E-state index in [0.29, 0.717) is 13.2 Å². The number of nitrogens with zero attached hydrogens (tertiary/aromatic N) is 1. The van der Waals surface area contributed by atoms with E-state index >= 15 is 0 Å². The van der Waals surface area contributed by atoms with E-state index in [9.17, 15) is 0 Å². The van der Waals surface area contributed by atoms with Crippen molar-refractivity contribution in [2.45, 2.75) is 53.1 Å². The van der Waals surface area contributed by atoms with Crippen molar-refractivity contribution in [3.8, 4) is 0 Å². The van der Waals surface area contributed by atoms with Crippen molar-refractivity contribution in [2.75, 3.05) is 32.8 Å². The Morgan fingerprint density at radius 1 is 1.00 bits per heavy atom. The molecule has 0 rings (SSSR count). The molecular formula is C13H31NO2Si. The molecule has 0 aromatic rings. The van der Waals surface area contributed by atoms with Crippen LogP contribution in [0.25, 0.3) is 0 Å². The van der Waals surface area contributed by atoms with Gasteiger partial charge in [0.05, 0.1) is 0 Å². The zero-order valence-corrected chi connectivity index (χ0v) is 13.3. The summed E-state index contributed by atoms with van der Waals surface area (Å²) in [6.45, 7) is 13.6. The molecule has 0 bridgehead atoms. The predicted octanol–water partition coefficient (Wildman–Crippen LogP) is 3.25. The first-order valence-corrected chi connectivity index (χ1v) is 9.26. The van der Waals surface area contributed by atoms with Crippen molar-refractivity contribution in [3.05, 3.63) is 0 Å². The lowest BCUT2D eigenvalue weighted by Gasteiger charge is -2.29. The maximum Gasteiger partial charge on any atom is 0.337 e. The highest BCUT2D eigenvalue weighted by Crippen LogP contribution is 2.21. The molecule has 1 unspecified atom stereocenters. The Labute approximate surface area is 110 Å². The summed E-state index contributed by atoms with van der Waals surface area (Å²) in [4.78, 5) is 2.17. The van der Waals surface area contributed by atoms with E-state index in [4.69, 9.17) is 10.2 Å². The molecule has 0 fully saturated rings. The minimum Gasteiger partial charge on any atom is -0.394 e. The van der Waals surface area contributed by atoms with Gasteiger partial charge in [0.1, 0.15) is 0 Å². The Kier molecular flexibility index (Phi) is 8.97. The Morgan fingerprint density at radius 3 is 1.88 bits per heavy atom. The van der Waals surface area contributed by atoms with Gasteiger partial charge in [0, 0.05) is 14.6 Å². The van der Waals surface area contributed by atoms with Crippen LogP contribution in [-0.2, 0) is 8.85 Å². The summed E-state index contributed by atoms with van der Waals surface area (Å²) in [6, 6.07) is 1.90. The summed E-state index contributed by atoms with van der Waals surface area (Å²) < 4.78 is 20.0. The molecule has 0 aliphatic rings. The molecule has 0 aliphatic carbocycles. The molecule has 0 aromatic heterocycles. The first kappa shape index (κ1) is 15.2. The van der Waals surface area contributed by atoms with Crippen LogP contribution in [0.2, 0.25) is 12.1 Å². The second-order valence-electron chi connectivity index (χ2n) is 4.07. The third-order valence-corrected chi connectivity index (χ3v) is 6.84. The van der Waals surface area contributed by atoms with Crippen molar-refractivity contribution in [2.24, 2.45) is 0 Å². The van der Waals surface area contributed by atoms with E-state index in [0.717, 1.165) is 31.6 Å². The van der Waals surface area contributed by atoms with Gasteiger partial charge in [-0.1, -0.05) is 20.8 Å². The van der Waals surface area contributed by atoms with Gasteiger partial charge in [-0.15, -0.1) is 0 Å². The quantitative estimate of drug-likeness (QED) is 0.534. The highest BCUT2D eigenvalue weighted by Gasteiger charge is 2.34. The summed E-state index contributed by atoms with van der Waals surface area (Å²) in [7, 11) is -2.05. The van der Waals surface area contributed by atoms with E-state index in [1.165, 1.54) is 0 Å². The number of rotatable bonds is 11. The molecule has 0 amide bonds. The van der Waals surface area contributed by atoms with Crippen molar-refractivity contribution in [1.82, 2.24) is 4.90 Å². The highest BCUT2D eigenvalue weighted by molar-refractivity contribution is 6.67.